The Balaban J connectivity index is 1.99. The number of piperazine rings is 1. The van der Waals surface area contributed by atoms with E-state index in [0.29, 0.717) is 30.1 Å². The molecule has 2 saturated heterocycles. The second kappa shape index (κ2) is 3.75. The van der Waals surface area contributed by atoms with Crippen LogP contribution < -0.4 is 0 Å². The molecular weight excluding hydrogens is 236 g/mol. The summed E-state index contributed by atoms with van der Waals surface area (Å²) >= 11 is 0. The number of fused-ring (bicyclic) bond motifs is 3. The van der Waals surface area contributed by atoms with Crippen molar-refractivity contribution in [3.8, 4) is 0 Å². The van der Waals surface area contributed by atoms with Crippen LogP contribution in [0.25, 0.3) is 0 Å². The van der Waals surface area contributed by atoms with E-state index >= 15 is 0 Å². The molecule has 3 heteroatoms. The first kappa shape index (κ1) is 13.8. The van der Waals surface area contributed by atoms with Crippen molar-refractivity contribution >= 4 is 0 Å². The maximum Gasteiger partial charge on any atom is 0.0490 e. The van der Waals surface area contributed by atoms with Gasteiger partial charge in [-0.05, 0) is 54.4 Å². The molecule has 0 radical (unpaired) electrons. The average molecular weight is 266 g/mol. The lowest BCUT2D eigenvalue weighted by molar-refractivity contribution is -0.0377. The second-order valence-electron chi connectivity index (χ2n) is 8.83. The molecule has 3 atom stereocenters. The summed E-state index contributed by atoms with van der Waals surface area (Å²) in [6.07, 6.45) is 2.63. The van der Waals surface area contributed by atoms with Crippen LogP contribution >= 0.6 is 0 Å². The lowest BCUT2D eigenvalue weighted by Crippen LogP contribution is -2.64. The predicted octanol–water partition coefficient (Wildman–Crippen LogP) is 2.09. The van der Waals surface area contributed by atoms with Gasteiger partial charge in [-0.3, -0.25) is 9.80 Å². The van der Waals surface area contributed by atoms with Gasteiger partial charge >= 0.3 is 0 Å². The summed E-state index contributed by atoms with van der Waals surface area (Å²) in [6, 6.07) is 1.10. The van der Waals surface area contributed by atoms with Gasteiger partial charge in [-0.1, -0.05) is 0 Å². The van der Waals surface area contributed by atoms with Crippen LogP contribution in [0.3, 0.4) is 0 Å². The lowest BCUT2D eigenvalue weighted by Gasteiger charge is -2.51. The third kappa shape index (κ3) is 1.74. The molecule has 110 valence electrons. The minimum absolute atomic E-state index is 0.215. The third-order valence-corrected chi connectivity index (χ3v) is 5.54. The van der Waals surface area contributed by atoms with Gasteiger partial charge in [-0.15, -0.1) is 0 Å². The van der Waals surface area contributed by atoms with Crippen molar-refractivity contribution in [3.63, 3.8) is 0 Å². The topological polar surface area (TPSA) is 26.7 Å². The Kier molecular flexibility index (Phi) is 2.73. The molecule has 0 aromatic heterocycles. The number of rotatable bonds is 1. The van der Waals surface area contributed by atoms with Crippen molar-refractivity contribution < 1.29 is 5.11 Å². The molecule has 0 amide bonds. The van der Waals surface area contributed by atoms with Crippen molar-refractivity contribution in [2.24, 2.45) is 5.92 Å². The Bertz CT molecular complexity index is 375. The highest BCUT2D eigenvalue weighted by Crippen LogP contribution is 2.62. The van der Waals surface area contributed by atoms with Crippen LogP contribution in [0.4, 0.5) is 0 Å². The fourth-order valence-electron chi connectivity index (χ4n) is 5.07. The highest BCUT2D eigenvalue weighted by molar-refractivity contribution is 5.28. The Morgan fingerprint density at radius 2 is 1.63 bits per heavy atom. The van der Waals surface area contributed by atoms with Crippen LogP contribution in [0.2, 0.25) is 0 Å². The molecule has 3 fully saturated rings. The molecule has 3 unspecified atom stereocenters. The number of hydrogen-bond acceptors (Lipinski definition) is 3. The van der Waals surface area contributed by atoms with Crippen molar-refractivity contribution in [2.75, 3.05) is 13.2 Å². The molecule has 19 heavy (non-hydrogen) atoms. The van der Waals surface area contributed by atoms with E-state index in [4.69, 9.17) is 0 Å². The van der Waals surface area contributed by atoms with E-state index in [1.54, 1.807) is 0 Å². The number of hydrogen-bond donors (Lipinski definition) is 1. The van der Waals surface area contributed by atoms with Crippen LogP contribution in [0, 0.1) is 5.92 Å². The Morgan fingerprint density at radius 3 is 2.00 bits per heavy atom. The van der Waals surface area contributed by atoms with Crippen molar-refractivity contribution in [2.45, 2.75) is 83.1 Å². The summed E-state index contributed by atoms with van der Waals surface area (Å²) in [4.78, 5) is 5.43. The first-order valence-electron chi connectivity index (χ1n) is 7.80. The van der Waals surface area contributed by atoms with E-state index in [1.807, 2.05) is 0 Å². The molecule has 1 aliphatic carbocycles. The maximum atomic E-state index is 9.92. The molecule has 2 aliphatic heterocycles. The summed E-state index contributed by atoms with van der Waals surface area (Å²) < 4.78 is 0. The van der Waals surface area contributed by atoms with Crippen LogP contribution in [-0.4, -0.2) is 56.8 Å². The third-order valence-electron chi connectivity index (χ3n) is 5.54. The summed E-state index contributed by atoms with van der Waals surface area (Å²) in [7, 11) is 0. The first-order chi connectivity index (χ1) is 8.63. The van der Waals surface area contributed by atoms with Gasteiger partial charge in [0.15, 0.2) is 0 Å². The van der Waals surface area contributed by atoms with E-state index in [9.17, 15) is 5.11 Å². The number of likely N-dealkylation sites (tertiary alicyclic amines) is 2. The normalized spacial score (nSPS) is 38.4. The van der Waals surface area contributed by atoms with Crippen LogP contribution in [0.15, 0.2) is 0 Å². The molecule has 1 N–H and O–H groups in total. The van der Waals surface area contributed by atoms with Crippen LogP contribution in [0.5, 0.6) is 0 Å². The Morgan fingerprint density at radius 1 is 1.05 bits per heavy atom. The van der Waals surface area contributed by atoms with Crippen LogP contribution in [0.1, 0.15) is 54.4 Å². The van der Waals surface area contributed by atoms with Gasteiger partial charge in [-0.25, -0.2) is 0 Å². The molecular formula is C16H30N2O. The number of aliphatic hydroxyl groups excluding tert-OH is 1. The SMILES string of the molecule is CC(C)(C)N1CC2C(CO)C1C1(CC1)N2C(C)(C)C. The zero-order chi connectivity index (χ0) is 14.2. The molecule has 0 aromatic carbocycles. The zero-order valence-corrected chi connectivity index (χ0v) is 13.4. The van der Waals surface area contributed by atoms with E-state index in [0.717, 1.165) is 6.54 Å². The maximum absolute atomic E-state index is 9.92. The van der Waals surface area contributed by atoms with Gasteiger partial charge in [0, 0.05) is 47.8 Å². The molecule has 1 spiro atoms. The van der Waals surface area contributed by atoms with Crippen molar-refractivity contribution in [1.82, 2.24) is 9.80 Å². The lowest BCUT2D eigenvalue weighted by atomic mass is 9.93. The monoisotopic (exact) mass is 266 g/mol. The smallest absolute Gasteiger partial charge is 0.0490 e. The molecule has 2 heterocycles. The fourth-order valence-corrected chi connectivity index (χ4v) is 5.07. The van der Waals surface area contributed by atoms with Crippen molar-refractivity contribution in [1.29, 1.82) is 0 Å². The summed E-state index contributed by atoms with van der Waals surface area (Å²) in [6.45, 7) is 15.4. The van der Waals surface area contributed by atoms with E-state index < -0.39 is 0 Å². The molecule has 1 saturated carbocycles. The highest BCUT2D eigenvalue weighted by atomic mass is 16.3. The van der Waals surface area contributed by atoms with Gasteiger partial charge in [0.1, 0.15) is 0 Å². The quantitative estimate of drug-likeness (QED) is 0.787. The molecule has 2 bridgehead atoms. The summed E-state index contributed by atoms with van der Waals surface area (Å²) in [5.41, 5.74) is 0.793. The molecule has 3 nitrogen and oxygen atoms in total. The first-order valence-corrected chi connectivity index (χ1v) is 7.80. The minimum atomic E-state index is 0.215. The van der Waals surface area contributed by atoms with Gasteiger partial charge < -0.3 is 5.11 Å². The van der Waals surface area contributed by atoms with Crippen LogP contribution in [-0.2, 0) is 0 Å². The number of nitrogens with zero attached hydrogens (tertiary/aromatic N) is 2. The standard InChI is InChI=1S/C16H30N2O/c1-14(2,3)17-9-12-11(10-19)13(17)16(7-8-16)18(12)15(4,5)6/h11-13,19H,7-10H2,1-6H3. The Hall–Kier alpha value is -0.120. The fraction of sp³-hybridized carbons (Fsp3) is 1.00. The average Bonchev–Trinajstić information content (AvgIpc) is 2.82. The van der Waals surface area contributed by atoms with Gasteiger partial charge in [0.2, 0.25) is 0 Å². The van der Waals surface area contributed by atoms with E-state index in [-0.39, 0.29) is 11.1 Å². The summed E-state index contributed by atoms with van der Waals surface area (Å²) in [5.74, 6) is 0.445. The van der Waals surface area contributed by atoms with Crippen molar-refractivity contribution in [3.05, 3.63) is 0 Å². The molecule has 3 aliphatic rings. The minimum Gasteiger partial charge on any atom is -0.396 e. The predicted molar refractivity (Wildman–Crippen MR) is 78.2 cm³/mol. The van der Waals surface area contributed by atoms with Gasteiger partial charge in [0.25, 0.3) is 0 Å². The molecule has 0 aromatic rings. The summed E-state index contributed by atoms with van der Waals surface area (Å²) in [5, 5.41) is 9.92. The zero-order valence-electron chi connectivity index (χ0n) is 13.4. The van der Waals surface area contributed by atoms with E-state index in [1.165, 1.54) is 12.8 Å². The number of aliphatic hydroxyl groups is 1. The van der Waals surface area contributed by atoms with E-state index in [2.05, 4.69) is 51.3 Å². The highest BCUT2D eigenvalue weighted by Gasteiger charge is 2.72. The molecule has 3 rings (SSSR count). The Labute approximate surface area is 118 Å². The second-order valence-corrected chi connectivity index (χ2v) is 8.83. The van der Waals surface area contributed by atoms with Gasteiger partial charge in [-0.2, -0.15) is 0 Å². The van der Waals surface area contributed by atoms with Gasteiger partial charge in [0.05, 0.1) is 0 Å². The largest absolute Gasteiger partial charge is 0.396 e.